The van der Waals surface area contributed by atoms with Gasteiger partial charge in [-0.15, -0.1) is 0 Å². The van der Waals surface area contributed by atoms with E-state index in [0.29, 0.717) is 18.7 Å². The van der Waals surface area contributed by atoms with Gasteiger partial charge in [0.25, 0.3) is 5.91 Å². The molecule has 0 spiro atoms. The van der Waals surface area contributed by atoms with Crippen molar-refractivity contribution in [2.75, 3.05) is 20.1 Å². The Labute approximate surface area is 177 Å². The van der Waals surface area contributed by atoms with Crippen LogP contribution in [-0.2, 0) is 16.4 Å². The first-order valence-electron chi connectivity index (χ1n) is 10.0. The fraction of sp³-hybridized carbons (Fsp3) is 0.409. The Hall–Kier alpha value is -1.89. The summed E-state index contributed by atoms with van der Waals surface area (Å²) in [4.78, 5) is 14.9. The van der Waals surface area contributed by atoms with E-state index in [4.69, 9.17) is 11.6 Å². The number of nitrogens with zero attached hydrogens (tertiary/aromatic N) is 2. The molecule has 0 aromatic heterocycles. The highest BCUT2D eigenvalue weighted by molar-refractivity contribution is 7.89. The first kappa shape index (κ1) is 20.4. The van der Waals surface area contributed by atoms with E-state index in [1.54, 1.807) is 18.0 Å². The van der Waals surface area contributed by atoms with E-state index in [9.17, 15) is 13.2 Å². The molecule has 29 heavy (non-hydrogen) atoms. The summed E-state index contributed by atoms with van der Waals surface area (Å²) >= 11 is 6.25. The summed E-state index contributed by atoms with van der Waals surface area (Å²) in [5.74, 6) is -0.196. The van der Waals surface area contributed by atoms with Gasteiger partial charge in [-0.3, -0.25) is 4.79 Å². The maximum Gasteiger partial charge on any atom is 0.254 e. The zero-order valence-electron chi connectivity index (χ0n) is 16.5. The van der Waals surface area contributed by atoms with Gasteiger partial charge in [0, 0.05) is 25.7 Å². The van der Waals surface area contributed by atoms with Gasteiger partial charge in [0.2, 0.25) is 10.0 Å². The first-order valence-corrected chi connectivity index (χ1v) is 11.9. The maximum absolute atomic E-state index is 13.2. The third kappa shape index (κ3) is 3.81. The Morgan fingerprint density at radius 3 is 2.59 bits per heavy atom. The van der Waals surface area contributed by atoms with Crippen molar-refractivity contribution < 1.29 is 13.2 Å². The van der Waals surface area contributed by atoms with Crippen LogP contribution in [0, 0.1) is 0 Å². The molecule has 1 heterocycles. The van der Waals surface area contributed by atoms with Crippen LogP contribution in [-0.4, -0.2) is 43.7 Å². The summed E-state index contributed by atoms with van der Waals surface area (Å²) < 4.78 is 27.7. The van der Waals surface area contributed by atoms with Crippen molar-refractivity contribution in [3.05, 3.63) is 64.2 Å². The van der Waals surface area contributed by atoms with Crippen molar-refractivity contribution in [1.29, 1.82) is 0 Å². The average Bonchev–Trinajstić information content (AvgIpc) is 3.17. The molecule has 1 fully saturated rings. The molecule has 2 aliphatic rings. The van der Waals surface area contributed by atoms with E-state index in [2.05, 4.69) is 12.1 Å². The van der Waals surface area contributed by atoms with Gasteiger partial charge in [-0.1, -0.05) is 42.3 Å². The van der Waals surface area contributed by atoms with E-state index in [-0.39, 0.29) is 21.9 Å². The van der Waals surface area contributed by atoms with Crippen LogP contribution < -0.4 is 0 Å². The van der Waals surface area contributed by atoms with Crippen molar-refractivity contribution in [2.24, 2.45) is 0 Å². The lowest BCUT2D eigenvalue weighted by molar-refractivity contribution is 0.0730. The van der Waals surface area contributed by atoms with Crippen LogP contribution in [0.3, 0.4) is 0 Å². The lowest BCUT2D eigenvalue weighted by Gasteiger charge is -2.27. The minimum absolute atomic E-state index is 0.00321. The summed E-state index contributed by atoms with van der Waals surface area (Å²) in [5, 5.41) is 0.154. The number of benzene rings is 2. The Kier molecular flexibility index (Phi) is 5.69. The highest BCUT2D eigenvalue weighted by Gasteiger charge is 2.31. The predicted molar refractivity (Wildman–Crippen MR) is 114 cm³/mol. The maximum atomic E-state index is 13.2. The molecular weight excluding hydrogens is 408 g/mol. The van der Waals surface area contributed by atoms with Gasteiger partial charge in [-0.2, -0.15) is 4.31 Å². The number of rotatable bonds is 4. The highest BCUT2D eigenvalue weighted by atomic mass is 35.5. The van der Waals surface area contributed by atoms with Gasteiger partial charge in [-0.05, 0) is 55.0 Å². The Morgan fingerprint density at radius 1 is 1.10 bits per heavy atom. The van der Waals surface area contributed by atoms with Crippen LogP contribution in [0.4, 0.5) is 0 Å². The molecule has 1 unspecified atom stereocenters. The molecule has 2 aromatic rings. The lowest BCUT2D eigenvalue weighted by Crippen LogP contribution is -2.36. The summed E-state index contributed by atoms with van der Waals surface area (Å²) in [6, 6.07) is 12.7. The van der Waals surface area contributed by atoms with Crippen molar-refractivity contribution in [2.45, 2.75) is 43.0 Å². The smallest absolute Gasteiger partial charge is 0.254 e. The van der Waals surface area contributed by atoms with Crippen molar-refractivity contribution in [3.8, 4) is 0 Å². The van der Waals surface area contributed by atoms with Crippen LogP contribution in [0.1, 0.15) is 53.2 Å². The van der Waals surface area contributed by atoms with E-state index in [1.165, 1.54) is 27.6 Å². The lowest BCUT2D eigenvalue weighted by atomic mass is 10.1. The average molecular weight is 433 g/mol. The zero-order chi connectivity index (χ0) is 20.6. The van der Waals surface area contributed by atoms with Gasteiger partial charge in [0.05, 0.1) is 11.1 Å². The Morgan fingerprint density at radius 2 is 1.83 bits per heavy atom. The summed E-state index contributed by atoms with van der Waals surface area (Å²) in [6.45, 7) is 0.991. The molecule has 0 radical (unpaired) electrons. The minimum Gasteiger partial charge on any atom is -0.335 e. The Balaban J connectivity index is 1.62. The third-order valence-electron chi connectivity index (χ3n) is 6.00. The first-order chi connectivity index (χ1) is 13.9. The molecule has 0 N–H and O–H groups in total. The highest BCUT2D eigenvalue weighted by Crippen LogP contribution is 2.36. The molecule has 4 rings (SSSR count). The largest absolute Gasteiger partial charge is 0.335 e. The molecule has 5 nitrogen and oxygen atoms in total. The SMILES string of the molecule is CN(C(=O)c1ccc(Cl)c(S(=O)(=O)N2CCCCC2)c1)C1CCc2ccccc21. The third-order valence-corrected chi connectivity index (χ3v) is 8.38. The van der Waals surface area contributed by atoms with E-state index >= 15 is 0 Å². The molecule has 1 atom stereocenters. The number of carbonyl (C=O) groups is 1. The van der Waals surface area contributed by atoms with E-state index in [1.807, 2.05) is 12.1 Å². The van der Waals surface area contributed by atoms with Crippen LogP contribution >= 0.6 is 11.6 Å². The van der Waals surface area contributed by atoms with Crippen LogP contribution in [0.25, 0.3) is 0 Å². The predicted octanol–water partition coefficient (Wildman–Crippen LogP) is 4.27. The Bertz CT molecular complexity index is 1030. The quantitative estimate of drug-likeness (QED) is 0.724. The number of halogens is 1. The monoisotopic (exact) mass is 432 g/mol. The molecule has 1 saturated heterocycles. The molecule has 2 aromatic carbocycles. The molecule has 7 heteroatoms. The normalized spacial score (nSPS) is 19.7. The van der Waals surface area contributed by atoms with Gasteiger partial charge < -0.3 is 4.90 Å². The summed E-state index contributed by atoms with van der Waals surface area (Å²) in [5.41, 5.74) is 2.77. The molecule has 0 bridgehead atoms. The van der Waals surface area contributed by atoms with Gasteiger partial charge in [0.1, 0.15) is 4.90 Å². The topological polar surface area (TPSA) is 57.7 Å². The molecule has 1 aliphatic heterocycles. The van der Waals surface area contributed by atoms with Gasteiger partial charge in [-0.25, -0.2) is 8.42 Å². The standard InChI is InChI=1S/C22H25ClN2O3S/c1-24(20-12-10-16-7-3-4-8-18(16)20)22(26)17-9-11-19(23)21(15-17)29(27,28)25-13-5-2-6-14-25/h3-4,7-9,11,15,20H,2,5-6,10,12-14H2,1H3. The van der Waals surface area contributed by atoms with E-state index in [0.717, 1.165) is 32.1 Å². The second-order valence-electron chi connectivity index (χ2n) is 7.78. The van der Waals surface area contributed by atoms with Crippen LogP contribution in [0.2, 0.25) is 5.02 Å². The van der Waals surface area contributed by atoms with Crippen LogP contribution in [0.15, 0.2) is 47.4 Å². The van der Waals surface area contributed by atoms with Crippen molar-refractivity contribution in [1.82, 2.24) is 9.21 Å². The molecule has 0 saturated carbocycles. The fourth-order valence-electron chi connectivity index (χ4n) is 4.36. The van der Waals surface area contributed by atoms with Gasteiger partial charge >= 0.3 is 0 Å². The van der Waals surface area contributed by atoms with E-state index < -0.39 is 10.0 Å². The second kappa shape index (κ2) is 8.09. The van der Waals surface area contributed by atoms with Gasteiger partial charge in [0.15, 0.2) is 0 Å². The summed E-state index contributed by atoms with van der Waals surface area (Å²) in [6.07, 6.45) is 4.53. The molecule has 1 amide bonds. The number of aryl methyl sites for hydroxylation is 1. The number of amides is 1. The number of piperidine rings is 1. The number of sulfonamides is 1. The summed E-state index contributed by atoms with van der Waals surface area (Å²) in [7, 11) is -1.93. The molecular formula is C22H25ClN2O3S. The fourth-order valence-corrected chi connectivity index (χ4v) is 6.38. The zero-order valence-corrected chi connectivity index (χ0v) is 18.0. The molecule has 154 valence electrons. The molecule has 1 aliphatic carbocycles. The number of fused-ring (bicyclic) bond motifs is 1. The number of hydrogen-bond acceptors (Lipinski definition) is 3. The van der Waals surface area contributed by atoms with Crippen LogP contribution in [0.5, 0.6) is 0 Å². The number of hydrogen-bond donors (Lipinski definition) is 0. The van der Waals surface area contributed by atoms with Crippen molar-refractivity contribution in [3.63, 3.8) is 0 Å². The number of carbonyl (C=O) groups excluding carboxylic acids is 1. The van der Waals surface area contributed by atoms with Crippen molar-refractivity contribution >= 4 is 27.5 Å². The second-order valence-corrected chi connectivity index (χ2v) is 10.1. The minimum atomic E-state index is -3.71.